The zero-order valence-electron chi connectivity index (χ0n) is 11.0. The van der Waals surface area contributed by atoms with E-state index < -0.39 is 0 Å². The van der Waals surface area contributed by atoms with E-state index in [4.69, 9.17) is 0 Å². The van der Waals surface area contributed by atoms with Crippen molar-refractivity contribution in [2.45, 2.75) is 70.6 Å². The van der Waals surface area contributed by atoms with Crippen molar-refractivity contribution in [3.05, 3.63) is 0 Å². The number of fused-ring (bicyclic) bond motifs is 2. The minimum atomic E-state index is -0.0424. The summed E-state index contributed by atoms with van der Waals surface area (Å²) in [6.07, 6.45) is 7.30. The average Bonchev–Trinajstić information content (AvgIpc) is 2.50. The van der Waals surface area contributed by atoms with Crippen LogP contribution in [0.25, 0.3) is 0 Å². The van der Waals surface area contributed by atoms with Crippen molar-refractivity contribution in [2.24, 2.45) is 11.8 Å². The van der Waals surface area contributed by atoms with Gasteiger partial charge in [-0.05, 0) is 57.4 Å². The Morgan fingerprint density at radius 3 is 2.19 bits per heavy atom. The Kier molecular flexibility index (Phi) is 3.91. The molecule has 94 valence electrons. The molecule has 2 heterocycles. The molecule has 3 atom stereocenters. The van der Waals surface area contributed by atoms with Gasteiger partial charge in [-0.25, -0.2) is 0 Å². The summed E-state index contributed by atoms with van der Waals surface area (Å²) < 4.78 is 0. The smallest absolute Gasteiger partial charge is 0.0569 e. The Balaban J connectivity index is 1.83. The maximum Gasteiger partial charge on any atom is 0.0569 e. The summed E-state index contributed by atoms with van der Waals surface area (Å²) in [6.45, 7) is 4.48. The molecule has 0 aromatic carbocycles. The Labute approximate surface area is 100 Å². The largest absolute Gasteiger partial charge is 0.393 e. The van der Waals surface area contributed by atoms with Crippen LogP contribution < -0.4 is 0 Å². The highest BCUT2D eigenvalue weighted by Crippen LogP contribution is 2.39. The number of hydrogen-bond donors (Lipinski definition) is 1. The Bertz CT molecular complexity index is 215. The summed E-state index contributed by atoms with van der Waals surface area (Å²) in [7, 11) is 2.26. The first-order valence-electron chi connectivity index (χ1n) is 6.98. The van der Waals surface area contributed by atoms with Gasteiger partial charge in [0.25, 0.3) is 0 Å². The van der Waals surface area contributed by atoms with E-state index in [1.54, 1.807) is 0 Å². The van der Waals surface area contributed by atoms with Crippen LogP contribution in [0.3, 0.4) is 0 Å². The molecule has 2 heteroatoms. The minimum absolute atomic E-state index is 0.0424. The van der Waals surface area contributed by atoms with Gasteiger partial charge in [0.15, 0.2) is 0 Å². The van der Waals surface area contributed by atoms with Crippen LogP contribution in [-0.2, 0) is 0 Å². The summed E-state index contributed by atoms with van der Waals surface area (Å²) in [4.78, 5) is 2.55. The molecule has 1 N–H and O–H groups in total. The van der Waals surface area contributed by atoms with E-state index in [2.05, 4.69) is 25.8 Å². The maximum absolute atomic E-state index is 10.3. The van der Waals surface area contributed by atoms with Gasteiger partial charge in [-0.2, -0.15) is 0 Å². The van der Waals surface area contributed by atoms with Crippen molar-refractivity contribution >= 4 is 0 Å². The van der Waals surface area contributed by atoms with E-state index in [0.717, 1.165) is 24.4 Å². The molecule has 2 saturated heterocycles. The van der Waals surface area contributed by atoms with Crippen LogP contribution in [0.2, 0.25) is 0 Å². The second-order valence-electron chi connectivity index (χ2n) is 6.32. The average molecular weight is 225 g/mol. The van der Waals surface area contributed by atoms with Gasteiger partial charge >= 0.3 is 0 Å². The predicted octanol–water partition coefficient (Wildman–Crippen LogP) is 2.66. The van der Waals surface area contributed by atoms with E-state index in [9.17, 15) is 5.11 Å². The first-order valence-corrected chi connectivity index (χ1v) is 6.98. The molecular formula is C14H27NO. The van der Waals surface area contributed by atoms with Crippen molar-refractivity contribution in [1.29, 1.82) is 0 Å². The highest BCUT2D eigenvalue weighted by molar-refractivity contribution is 4.95. The molecule has 2 nitrogen and oxygen atoms in total. The van der Waals surface area contributed by atoms with Gasteiger partial charge in [0, 0.05) is 12.1 Å². The lowest BCUT2D eigenvalue weighted by Crippen LogP contribution is -2.43. The molecule has 2 bridgehead atoms. The van der Waals surface area contributed by atoms with Gasteiger partial charge in [0.2, 0.25) is 0 Å². The summed E-state index contributed by atoms with van der Waals surface area (Å²) in [6, 6.07) is 1.52. The topological polar surface area (TPSA) is 23.5 Å². The van der Waals surface area contributed by atoms with Crippen LogP contribution in [0.15, 0.2) is 0 Å². The third kappa shape index (κ3) is 2.60. The molecule has 2 aliphatic heterocycles. The fourth-order valence-corrected chi connectivity index (χ4v) is 3.51. The van der Waals surface area contributed by atoms with E-state index in [0.29, 0.717) is 5.92 Å². The lowest BCUT2D eigenvalue weighted by Gasteiger charge is -2.38. The van der Waals surface area contributed by atoms with Gasteiger partial charge in [0.1, 0.15) is 0 Å². The van der Waals surface area contributed by atoms with E-state index in [-0.39, 0.29) is 6.10 Å². The second-order valence-corrected chi connectivity index (χ2v) is 6.32. The van der Waals surface area contributed by atoms with Gasteiger partial charge in [0.05, 0.1) is 6.10 Å². The highest BCUT2D eigenvalue weighted by atomic mass is 16.3. The Hall–Kier alpha value is -0.0800. The molecule has 2 fully saturated rings. The van der Waals surface area contributed by atoms with Crippen molar-refractivity contribution in [3.8, 4) is 0 Å². The van der Waals surface area contributed by atoms with Crippen LogP contribution in [0.1, 0.15) is 52.4 Å². The molecule has 0 aromatic rings. The second kappa shape index (κ2) is 5.05. The Morgan fingerprint density at radius 2 is 1.69 bits per heavy atom. The van der Waals surface area contributed by atoms with E-state index >= 15 is 0 Å². The number of rotatable bonds is 4. The molecule has 0 aromatic heterocycles. The molecule has 0 saturated carbocycles. The number of aliphatic hydroxyl groups excluding tert-OH is 1. The van der Waals surface area contributed by atoms with Crippen molar-refractivity contribution < 1.29 is 5.11 Å². The zero-order valence-corrected chi connectivity index (χ0v) is 11.0. The van der Waals surface area contributed by atoms with Crippen molar-refractivity contribution in [2.75, 3.05) is 7.05 Å². The Morgan fingerprint density at radius 1 is 1.12 bits per heavy atom. The van der Waals surface area contributed by atoms with Crippen LogP contribution in [-0.4, -0.2) is 35.2 Å². The van der Waals surface area contributed by atoms with Crippen LogP contribution >= 0.6 is 0 Å². The maximum atomic E-state index is 10.3. The molecule has 2 aliphatic rings. The van der Waals surface area contributed by atoms with Crippen molar-refractivity contribution in [3.63, 3.8) is 0 Å². The monoisotopic (exact) mass is 225 g/mol. The third-order valence-corrected chi connectivity index (χ3v) is 4.72. The summed E-state index contributed by atoms with van der Waals surface area (Å²) >= 11 is 0. The minimum Gasteiger partial charge on any atom is -0.393 e. The van der Waals surface area contributed by atoms with Crippen LogP contribution in [0.5, 0.6) is 0 Å². The summed E-state index contributed by atoms with van der Waals surface area (Å²) in [5.41, 5.74) is 0. The number of aliphatic hydroxyl groups is 1. The summed E-state index contributed by atoms with van der Waals surface area (Å²) in [5.74, 6) is 1.30. The first kappa shape index (κ1) is 12.4. The molecule has 3 unspecified atom stereocenters. The number of piperidine rings is 1. The van der Waals surface area contributed by atoms with Gasteiger partial charge in [-0.3, -0.25) is 0 Å². The predicted molar refractivity (Wildman–Crippen MR) is 67.4 cm³/mol. The molecule has 0 spiro atoms. The number of nitrogens with zero attached hydrogens (tertiary/aromatic N) is 1. The molecule has 0 radical (unpaired) electrons. The lowest BCUT2D eigenvalue weighted by molar-refractivity contribution is 0.0290. The zero-order chi connectivity index (χ0) is 11.7. The molecule has 2 rings (SSSR count). The quantitative estimate of drug-likeness (QED) is 0.795. The fourth-order valence-electron chi connectivity index (χ4n) is 3.51. The molecule has 0 amide bonds. The van der Waals surface area contributed by atoms with Crippen LogP contribution in [0, 0.1) is 11.8 Å². The molecular weight excluding hydrogens is 198 g/mol. The standard InChI is InChI=1S/C14H27NO/c1-10(2)4-7-14(16)11-8-12-5-6-13(9-11)15(12)3/h10-14,16H,4-9H2,1-3H3. The third-order valence-electron chi connectivity index (χ3n) is 4.72. The van der Waals surface area contributed by atoms with E-state index in [1.165, 1.54) is 32.1 Å². The summed E-state index contributed by atoms with van der Waals surface area (Å²) in [5, 5.41) is 10.3. The lowest BCUT2D eigenvalue weighted by atomic mass is 9.84. The van der Waals surface area contributed by atoms with Gasteiger partial charge in [-0.15, -0.1) is 0 Å². The molecule has 0 aliphatic carbocycles. The number of hydrogen-bond acceptors (Lipinski definition) is 2. The molecule has 16 heavy (non-hydrogen) atoms. The van der Waals surface area contributed by atoms with Gasteiger partial charge in [-0.1, -0.05) is 13.8 Å². The van der Waals surface area contributed by atoms with E-state index in [1.807, 2.05) is 0 Å². The highest BCUT2D eigenvalue weighted by Gasteiger charge is 2.40. The van der Waals surface area contributed by atoms with Gasteiger partial charge < -0.3 is 10.0 Å². The SMILES string of the molecule is CC(C)CCC(O)C1CC2CCC(C1)N2C. The normalized spacial score (nSPS) is 36.9. The van der Waals surface area contributed by atoms with Crippen LogP contribution in [0.4, 0.5) is 0 Å². The fraction of sp³-hybridized carbons (Fsp3) is 1.00. The van der Waals surface area contributed by atoms with Crippen molar-refractivity contribution in [1.82, 2.24) is 4.90 Å². The first-order chi connectivity index (χ1) is 7.58.